The molecule has 3 aromatic rings. The van der Waals surface area contributed by atoms with Crippen molar-refractivity contribution >= 4 is 34.3 Å². The normalized spacial score (nSPS) is 17.2. The number of halogens is 1. The van der Waals surface area contributed by atoms with Crippen molar-refractivity contribution in [3.05, 3.63) is 64.7 Å². The van der Waals surface area contributed by atoms with Gasteiger partial charge >= 0.3 is 0 Å². The maximum atomic E-state index is 6.06. The van der Waals surface area contributed by atoms with Gasteiger partial charge in [0.2, 0.25) is 0 Å². The number of nitrogens with zero attached hydrogens (tertiary/aromatic N) is 2. The molecule has 2 aromatic carbocycles. The first-order valence-electron chi connectivity index (χ1n) is 8.76. The highest BCUT2D eigenvalue weighted by Crippen LogP contribution is 2.44. The molecule has 0 saturated carbocycles. The molecule has 0 saturated heterocycles. The summed E-state index contributed by atoms with van der Waals surface area (Å²) in [7, 11) is 4.35. The van der Waals surface area contributed by atoms with Crippen LogP contribution in [0.2, 0.25) is 5.02 Å². The maximum absolute atomic E-state index is 6.06. The van der Waals surface area contributed by atoms with Crippen LogP contribution in [0.1, 0.15) is 23.5 Å². The molecular weight excluding hydrogens is 348 g/mol. The average molecular weight is 371 g/mol. The minimum Gasteiger partial charge on any atom is -0.331 e. The number of likely N-dealkylation sites (N-methyl/N-ethyl adjacent to an activating group) is 1. The molecule has 2 heterocycles. The molecule has 0 fully saturated rings. The second kappa shape index (κ2) is 7.06. The van der Waals surface area contributed by atoms with Gasteiger partial charge < -0.3 is 9.47 Å². The highest BCUT2D eigenvalue weighted by molar-refractivity contribution is 7.99. The fourth-order valence-corrected chi connectivity index (χ4v) is 5.32. The summed E-state index contributed by atoms with van der Waals surface area (Å²) in [4.78, 5) is 2.32. The Kier molecular flexibility index (Phi) is 4.81. The Morgan fingerprint density at radius 2 is 1.88 bits per heavy atom. The summed E-state index contributed by atoms with van der Waals surface area (Å²) in [5.41, 5.74) is 4.19. The van der Waals surface area contributed by atoms with E-state index in [1.54, 1.807) is 5.56 Å². The molecule has 1 unspecified atom stereocenters. The third kappa shape index (κ3) is 3.33. The van der Waals surface area contributed by atoms with Gasteiger partial charge in [-0.05, 0) is 49.8 Å². The van der Waals surface area contributed by atoms with Gasteiger partial charge in [0.25, 0.3) is 0 Å². The SMILES string of the molecule is CN(C)CC1CCSc2c1c1ccccc1n2Cc1ccc(Cl)cc1. The van der Waals surface area contributed by atoms with Crippen molar-refractivity contribution in [1.82, 2.24) is 9.47 Å². The zero-order valence-corrected chi connectivity index (χ0v) is 16.3. The minimum absolute atomic E-state index is 0.614. The number of aromatic nitrogens is 1. The molecule has 4 rings (SSSR count). The summed E-state index contributed by atoms with van der Waals surface area (Å²) in [6, 6.07) is 17.1. The Balaban J connectivity index is 1.83. The first-order chi connectivity index (χ1) is 12.1. The van der Waals surface area contributed by atoms with E-state index in [9.17, 15) is 0 Å². The quantitative estimate of drug-likeness (QED) is 0.600. The average Bonchev–Trinajstić information content (AvgIpc) is 2.92. The Hall–Kier alpha value is -1.42. The second-order valence-corrected chi connectivity index (χ2v) is 8.56. The van der Waals surface area contributed by atoms with Gasteiger partial charge in [-0.3, -0.25) is 0 Å². The molecular formula is C21H23ClN2S. The molecule has 25 heavy (non-hydrogen) atoms. The van der Waals surface area contributed by atoms with E-state index >= 15 is 0 Å². The lowest BCUT2D eigenvalue weighted by molar-refractivity contribution is 0.365. The highest BCUT2D eigenvalue weighted by Gasteiger charge is 2.28. The van der Waals surface area contributed by atoms with Gasteiger partial charge in [-0.15, -0.1) is 11.8 Å². The van der Waals surface area contributed by atoms with Gasteiger partial charge in [0.15, 0.2) is 0 Å². The zero-order valence-electron chi connectivity index (χ0n) is 14.7. The zero-order chi connectivity index (χ0) is 17.4. The monoisotopic (exact) mass is 370 g/mol. The molecule has 4 heteroatoms. The largest absolute Gasteiger partial charge is 0.331 e. The Morgan fingerprint density at radius 3 is 2.64 bits per heavy atom. The molecule has 0 N–H and O–H groups in total. The molecule has 0 spiro atoms. The number of thioether (sulfide) groups is 1. The van der Waals surface area contributed by atoms with E-state index < -0.39 is 0 Å². The summed E-state index contributed by atoms with van der Waals surface area (Å²) in [6.07, 6.45) is 1.25. The molecule has 0 radical (unpaired) electrons. The van der Waals surface area contributed by atoms with Crippen molar-refractivity contribution in [3.8, 4) is 0 Å². The molecule has 0 bridgehead atoms. The van der Waals surface area contributed by atoms with Crippen LogP contribution in [0.15, 0.2) is 53.6 Å². The number of hydrogen-bond donors (Lipinski definition) is 0. The lowest BCUT2D eigenvalue weighted by atomic mass is 9.95. The van der Waals surface area contributed by atoms with E-state index in [2.05, 4.69) is 60.0 Å². The third-order valence-electron chi connectivity index (χ3n) is 4.91. The van der Waals surface area contributed by atoms with Crippen LogP contribution in [0.25, 0.3) is 10.9 Å². The number of hydrogen-bond acceptors (Lipinski definition) is 2. The summed E-state index contributed by atoms with van der Waals surface area (Å²) in [5, 5.41) is 3.67. The summed E-state index contributed by atoms with van der Waals surface area (Å²) in [5.74, 6) is 1.81. The summed E-state index contributed by atoms with van der Waals surface area (Å²) >= 11 is 8.07. The number of fused-ring (bicyclic) bond motifs is 3. The first-order valence-corrected chi connectivity index (χ1v) is 10.1. The first kappa shape index (κ1) is 17.0. The van der Waals surface area contributed by atoms with Crippen molar-refractivity contribution in [2.45, 2.75) is 23.9 Å². The van der Waals surface area contributed by atoms with Crippen LogP contribution in [0.3, 0.4) is 0 Å². The van der Waals surface area contributed by atoms with E-state index in [-0.39, 0.29) is 0 Å². The smallest absolute Gasteiger partial charge is 0.0798 e. The summed E-state index contributed by atoms with van der Waals surface area (Å²) in [6.45, 7) is 2.01. The number of rotatable bonds is 4. The van der Waals surface area contributed by atoms with Crippen molar-refractivity contribution in [2.24, 2.45) is 0 Å². The lowest BCUT2D eigenvalue weighted by Gasteiger charge is -2.26. The van der Waals surface area contributed by atoms with Gasteiger partial charge in [-0.25, -0.2) is 0 Å². The minimum atomic E-state index is 0.614. The van der Waals surface area contributed by atoms with Gasteiger partial charge in [0.05, 0.1) is 5.03 Å². The molecule has 1 atom stereocenters. The molecule has 1 aliphatic heterocycles. The predicted molar refractivity (Wildman–Crippen MR) is 109 cm³/mol. The van der Waals surface area contributed by atoms with E-state index in [1.807, 2.05) is 23.9 Å². The van der Waals surface area contributed by atoms with Gasteiger partial charge in [0.1, 0.15) is 0 Å². The van der Waals surface area contributed by atoms with Gasteiger partial charge in [-0.1, -0.05) is 41.9 Å². The highest BCUT2D eigenvalue weighted by atomic mass is 35.5. The van der Waals surface area contributed by atoms with E-state index in [1.165, 1.54) is 33.7 Å². The van der Waals surface area contributed by atoms with Gasteiger partial charge in [-0.2, -0.15) is 0 Å². The number of benzene rings is 2. The van der Waals surface area contributed by atoms with Crippen molar-refractivity contribution in [3.63, 3.8) is 0 Å². The Labute approximate surface area is 158 Å². The Bertz CT molecular complexity index is 883. The van der Waals surface area contributed by atoms with Crippen LogP contribution in [0, 0.1) is 0 Å². The Morgan fingerprint density at radius 1 is 1.12 bits per heavy atom. The molecule has 0 amide bonds. The third-order valence-corrected chi connectivity index (χ3v) is 6.32. The fraction of sp³-hybridized carbons (Fsp3) is 0.333. The van der Waals surface area contributed by atoms with Crippen molar-refractivity contribution < 1.29 is 0 Å². The van der Waals surface area contributed by atoms with Crippen molar-refractivity contribution in [2.75, 3.05) is 26.4 Å². The lowest BCUT2D eigenvalue weighted by Crippen LogP contribution is -2.23. The molecule has 0 aliphatic carbocycles. The van der Waals surface area contributed by atoms with Gasteiger partial charge in [0, 0.05) is 40.7 Å². The molecule has 130 valence electrons. The topological polar surface area (TPSA) is 8.17 Å². The van der Waals surface area contributed by atoms with Crippen LogP contribution in [-0.2, 0) is 6.54 Å². The molecule has 1 aliphatic rings. The number of para-hydroxylation sites is 1. The van der Waals surface area contributed by atoms with Crippen LogP contribution >= 0.6 is 23.4 Å². The van der Waals surface area contributed by atoms with Crippen LogP contribution < -0.4 is 0 Å². The van der Waals surface area contributed by atoms with E-state index in [4.69, 9.17) is 11.6 Å². The van der Waals surface area contributed by atoms with Crippen LogP contribution in [0.5, 0.6) is 0 Å². The van der Waals surface area contributed by atoms with Crippen molar-refractivity contribution in [1.29, 1.82) is 0 Å². The maximum Gasteiger partial charge on any atom is 0.0798 e. The van der Waals surface area contributed by atoms with E-state index in [0.29, 0.717) is 5.92 Å². The fourth-order valence-electron chi connectivity index (χ4n) is 3.85. The van der Waals surface area contributed by atoms with E-state index in [0.717, 1.165) is 18.1 Å². The molecule has 1 aromatic heterocycles. The summed E-state index contributed by atoms with van der Waals surface area (Å²) < 4.78 is 2.50. The standard InChI is InChI=1S/C21H23ClN2S/c1-23(2)14-16-11-12-25-21-20(16)18-5-3-4-6-19(18)24(21)13-15-7-9-17(22)10-8-15/h3-10,16H,11-14H2,1-2H3. The molecule has 2 nitrogen and oxygen atoms in total. The second-order valence-electron chi connectivity index (χ2n) is 7.04. The predicted octanol–water partition coefficient (Wildman–Crippen LogP) is 5.48. The van der Waals surface area contributed by atoms with Crippen LogP contribution in [-0.4, -0.2) is 35.9 Å². The van der Waals surface area contributed by atoms with Crippen LogP contribution in [0.4, 0.5) is 0 Å².